The minimum absolute atomic E-state index is 0.691. The molecule has 18 heavy (non-hydrogen) atoms. The first-order valence-electron chi connectivity index (χ1n) is 5.80. The van der Waals surface area contributed by atoms with Crippen molar-refractivity contribution in [2.45, 2.75) is 19.9 Å². The van der Waals surface area contributed by atoms with Crippen LogP contribution in [-0.2, 0) is 20.0 Å². The van der Waals surface area contributed by atoms with Crippen LogP contribution in [0.25, 0.3) is 0 Å². The molecule has 1 heterocycles. The molecule has 1 aromatic carbocycles. The van der Waals surface area contributed by atoms with Crippen LogP contribution in [0.15, 0.2) is 28.9 Å². The fourth-order valence-corrected chi connectivity index (χ4v) is 2.41. The van der Waals surface area contributed by atoms with Crippen molar-refractivity contribution in [2.24, 2.45) is 7.05 Å². The van der Waals surface area contributed by atoms with Crippen molar-refractivity contribution in [3.63, 3.8) is 0 Å². The van der Waals surface area contributed by atoms with Gasteiger partial charge in [-0.2, -0.15) is 5.10 Å². The molecule has 1 N–H and O–H groups in total. The summed E-state index contributed by atoms with van der Waals surface area (Å²) in [4.78, 5) is 0. The van der Waals surface area contributed by atoms with Crippen LogP contribution in [-0.4, -0.2) is 9.78 Å². The first kappa shape index (κ1) is 13.4. The molecule has 0 bridgehead atoms. The normalized spacial score (nSPS) is 10.7. The van der Waals surface area contributed by atoms with E-state index in [0.29, 0.717) is 6.54 Å². The molecular formula is C13H15BrClN3. The first-order valence-corrected chi connectivity index (χ1v) is 6.97. The molecule has 0 unspecified atom stereocenters. The third kappa shape index (κ3) is 3.06. The monoisotopic (exact) mass is 327 g/mol. The minimum atomic E-state index is 0.691. The molecule has 0 aliphatic heterocycles. The number of aryl methyl sites for hydroxylation is 2. The predicted molar refractivity (Wildman–Crippen MR) is 79.1 cm³/mol. The quantitative estimate of drug-likeness (QED) is 0.919. The molecule has 3 nitrogen and oxygen atoms in total. The van der Waals surface area contributed by atoms with E-state index in [9.17, 15) is 0 Å². The summed E-state index contributed by atoms with van der Waals surface area (Å²) in [5.41, 5.74) is 3.21. The molecule has 0 amide bonds. The zero-order chi connectivity index (χ0) is 13.1. The van der Waals surface area contributed by atoms with Crippen LogP contribution in [0.4, 0.5) is 5.69 Å². The molecule has 0 spiro atoms. The highest BCUT2D eigenvalue weighted by Gasteiger charge is 2.06. The summed E-state index contributed by atoms with van der Waals surface area (Å²) in [6.45, 7) is 2.79. The Labute approximate surface area is 120 Å². The van der Waals surface area contributed by atoms with Crippen LogP contribution in [0.2, 0.25) is 5.02 Å². The van der Waals surface area contributed by atoms with Gasteiger partial charge in [0.2, 0.25) is 0 Å². The molecule has 0 atom stereocenters. The number of anilines is 1. The van der Waals surface area contributed by atoms with Crippen LogP contribution < -0.4 is 5.32 Å². The van der Waals surface area contributed by atoms with E-state index in [1.807, 2.05) is 36.1 Å². The molecule has 2 aromatic rings. The van der Waals surface area contributed by atoms with Gasteiger partial charge in [0, 0.05) is 29.3 Å². The lowest BCUT2D eigenvalue weighted by Gasteiger charge is -2.08. The number of hydrogen-bond acceptors (Lipinski definition) is 2. The van der Waals surface area contributed by atoms with Gasteiger partial charge in [-0.3, -0.25) is 4.68 Å². The molecule has 2 rings (SSSR count). The van der Waals surface area contributed by atoms with E-state index in [-0.39, 0.29) is 0 Å². The molecule has 0 saturated carbocycles. The van der Waals surface area contributed by atoms with Gasteiger partial charge in [-0.1, -0.05) is 34.5 Å². The van der Waals surface area contributed by atoms with Crippen molar-refractivity contribution in [2.75, 3.05) is 5.32 Å². The average Bonchev–Trinajstić information content (AvgIpc) is 2.71. The third-order valence-corrected chi connectivity index (χ3v) is 3.58. The number of rotatable bonds is 4. The van der Waals surface area contributed by atoms with Gasteiger partial charge in [0.25, 0.3) is 0 Å². The Kier molecular flexibility index (Phi) is 4.30. The number of nitrogens with zero attached hydrogens (tertiary/aromatic N) is 2. The molecule has 5 heteroatoms. The van der Waals surface area contributed by atoms with E-state index >= 15 is 0 Å². The van der Waals surface area contributed by atoms with Gasteiger partial charge in [0.1, 0.15) is 0 Å². The standard InChI is InChI=1S/C13H15BrClN3/c1-3-12-13(8-18(2)17-12)16-7-9-6-10(14)4-5-11(9)15/h4-6,8,16H,3,7H2,1-2H3. The van der Waals surface area contributed by atoms with Crippen LogP contribution in [0.1, 0.15) is 18.2 Å². The van der Waals surface area contributed by atoms with Crippen molar-refractivity contribution in [3.05, 3.63) is 45.1 Å². The second-order valence-corrected chi connectivity index (χ2v) is 5.43. The maximum absolute atomic E-state index is 6.16. The number of nitrogens with one attached hydrogen (secondary N) is 1. The Balaban J connectivity index is 2.13. The first-order chi connectivity index (χ1) is 8.60. The Morgan fingerprint density at radius 1 is 1.44 bits per heavy atom. The smallest absolute Gasteiger partial charge is 0.0853 e. The summed E-state index contributed by atoms with van der Waals surface area (Å²) in [6, 6.07) is 5.86. The zero-order valence-corrected chi connectivity index (χ0v) is 12.7. The van der Waals surface area contributed by atoms with E-state index < -0.39 is 0 Å². The predicted octanol–water partition coefficient (Wildman–Crippen LogP) is 4.01. The number of aromatic nitrogens is 2. The highest BCUT2D eigenvalue weighted by Crippen LogP contribution is 2.23. The Morgan fingerprint density at radius 2 is 2.22 bits per heavy atom. The molecule has 0 aliphatic rings. The topological polar surface area (TPSA) is 29.9 Å². The van der Waals surface area contributed by atoms with Crippen molar-refractivity contribution in [1.29, 1.82) is 0 Å². The lowest BCUT2D eigenvalue weighted by atomic mass is 10.2. The van der Waals surface area contributed by atoms with Crippen LogP contribution in [0.5, 0.6) is 0 Å². The molecule has 96 valence electrons. The zero-order valence-electron chi connectivity index (χ0n) is 10.4. The summed E-state index contributed by atoms with van der Waals surface area (Å²) in [6.07, 6.45) is 2.90. The highest BCUT2D eigenvalue weighted by molar-refractivity contribution is 9.10. The van der Waals surface area contributed by atoms with Crippen LogP contribution in [0.3, 0.4) is 0 Å². The van der Waals surface area contributed by atoms with Gasteiger partial charge in [-0.05, 0) is 30.2 Å². The van der Waals surface area contributed by atoms with E-state index in [2.05, 4.69) is 33.3 Å². The van der Waals surface area contributed by atoms with E-state index in [1.165, 1.54) is 0 Å². The Hall–Kier alpha value is -1.000. The van der Waals surface area contributed by atoms with Crippen molar-refractivity contribution in [1.82, 2.24) is 9.78 Å². The van der Waals surface area contributed by atoms with E-state index in [4.69, 9.17) is 11.6 Å². The number of benzene rings is 1. The Bertz CT molecular complexity index is 551. The molecule has 0 radical (unpaired) electrons. The summed E-state index contributed by atoms with van der Waals surface area (Å²) in [5.74, 6) is 0. The van der Waals surface area contributed by atoms with Gasteiger partial charge in [0.05, 0.1) is 11.4 Å². The molecule has 0 aliphatic carbocycles. The van der Waals surface area contributed by atoms with Gasteiger partial charge >= 0.3 is 0 Å². The summed E-state index contributed by atoms with van der Waals surface area (Å²) in [7, 11) is 1.93. The van der Waals surface area contributed by atoms with Crippen LogP contribution >= 0.6 is 27.5 Å². The average molecular weight is 329 g/mol. The third-order valence-electron chi connectivity index (χ3n) is 2.72. The summed E-state index contributed by atoms with van der Waals surface area (Å²) < 4.78 is 2.86. The van der Waals surface area contributed by atoms with E-state index in [1.54, 1.807) is 0 Å². The maximum Gasteiger partial charge on any atom is 0.0853 e. The van der Waals surface area contributed by atoms with E-state index in [0.717, 1.165) is 32.9 Å². The minimum Gasteiger partial charge on any atom is -0.378 e. The summed E-state index contributed by atoms with van der Waals surface area (Å²) >= 11 is 9.61. The van der Waals surface area contributed by atoms with Gasteiger partial charge in [-0.25, -0.2) is 0 Å². The van der Waals surface area contributed by atoms with Crippen molar-refractivity contribution < 1.29 is 0 Å². The molecule has 0 saturated heterocycles. The number of hydrogen-bond donors (Lipinski definition) is 1. The maximum atomic E-state index is 6.16. The Morgan fingerprint density at radius 3 is 2.94 bits per heavy atom. The van der Waals surface area contributed by atoms with Gasteiger partial charge in [-0.15, -0.1) is 0 Å². The fraction of sp³-hybridized carbons (Fsp3) is 0.308. The lowest BCUT2D eigenvalue weighted by Crippen LogP contribution is -2.01. The molecule has 1 aromatic heterocycles. The van der Waals surface area contributed by atoms with Crippen molar-refractivity contribution in [3.8, 4) is 0 Å². The molecular weight excluding hydrogens is 314 g/mol. The SMILES string of the molecule is CCc1nn(C)cc1NCc1cc(Br)ccc1Cl. The second-order valence-electron chi connectivity index (χ2n) is 4.11. The lowest BCUT2D eigenvalue weighted by molar-refractivity contribution is 0.746. The largest absolute Gasteiger partial charge is 0.378 e. The summed E-state index contributed by atoms with van der Waals surface area (Å²) in [5, 5.41) is 8.55. The van der Waals surface area contributed by atoms with Gasteiger partial charge < -0.3 is 5.32 Å². The van der Waals surface area contributed by atoms with Crippen molar-refractivity contribution >= 4 is 33.2 Å². The number of halogens is 2. The highest BCUT2D eigenvalue weighted by atomic mass is 79.9. The van der Waals surface area contributed by atoms with Crippen LogP contribution in [0, 0.1) is 0 Å². The van der Waals surface area contributed by atoms with Gasteiger partial charge in [0.15, 0.2) is 0 Å². The molecule has 0 fully saturated rings. The second kappa shape index (κ2) is 5.76. The fourth-order valence-electron chi connectivity index (χ4n) is 1.81.